The maximum atomic E-state index is 13.9. The Hall–Kier alpha value is -8.48. The molecular formula is C57H58Cl4N14O9. The fourth-order valence-electron chi connectivity index (χ4n) is 8.44. The number of H-pyrrole nitrogens is 1. The van der Waals surface area contributed by atoms with Gasteiger partial charge >= 0.3 is 35.8 Å². The van der Waals surface area contributed by atoms with Gasteiger partial charge in [-0.1, -0.05) is 82.8 Å². The molecule has 6 aromatic heterocycles. The smallest absolute Gasteiger partial charge is 0.425 e. The summed E-state index contributed by atoms with van der Waals surface area (Å²) < 4.78 is 18.7. The van der Waals surface area contributed by atoms with Gasteiger partial charge in [-0.25, -0.2) is 24.2 Å². The van der Waals surface area contributed by atoms with Crippen molar-refractivity contribution >= 4 is 127 Å². The van der Waals surface area contributed by atoms with Crippen LogP contribution in [0.15, 0.2) is 110 Å². The number of fused-ring (bicyclic) bond motifs is 2. The molecule has 5 N–H and O–H groups in total. The van der Waals surface area contributed by atoms with Crippen LogP contribution in [0.3, 0.4) is 0 Å². The molecule has 1 atom stereocenters. The lowest BCUT2D eigenvalue weighted by molar-refractivity contribution is -0.144. The van der Waals surface area contributed by atoms with Crippen LogP contribution in [0.4, 0.5) is 32.6 Å². The molecule has 84 heavy (non-hydrogen) atoms. The highest BCUT2D eigenvalue weighted by Crippen LogP contribution is 2.35. The predicted octanol–water partition coefficient (Wildman–Crippen LogP) is 11.1. The maximum Gasteiger partial charge on any atom is 0.425 e. The molecule has 0 aliphatic carbocycles. The summed E-state index contributed by atoms with van der Waals surface area (Å²) in [6, 6.07) is 20.7. The van der Waals surface area contributed by atoms with Crippen molar-refractivity contribution in [3.05, 3.63) is 153 Å². The number of halogens is 4. The summed E-state index contributed by atoms with van der Waals surface area (Å²) in [5, 5.41) is 18.5. The number of amides is 6. The Morgan fingerprint density at radius 3 is 1.70 bits per heavy atom. The Balaban J connectivity index is 0.000000245. The summed E-state index contributed by atoms with van der Waals surface area (Å²) in [5.41, 5.74) is 7.06. The van der Waals surface area contributed by atoms with E-state index in [0.29, 0.717) is 66.4 Å². The Kier molecular flexibility index (Phi) is 19.7. The van der Waals surface area contributed by atoms with Crippen LogP contribution in [0.5, 0.6) is 0 Å². The number of aromatic nitrogens is 8. The standard InChI is InChI=1S/C36H41Cl2N7O7.C21H17Cl2N7O2/c1-35(2,3)51-33(48)45(34(49)52-36(4,5)6)30-24-21-44(27-15-8-10-17-50-27)42-29(24)26(18-40-30)41-31(46)32(47)43(20-23-13-7-9-16-39-23)19-22-12-11-14-25(37)28(22)38;22-15-6-3-4-12(17(15)23)10-30(11-13-5-1-2-7-25-13)21(32)20(31)28-16-9-26-19(24)14-8-27-29-18(14)16/h7,9,11-14,16,18,21,27H,8,10,15,17,19-20H2,1-6H3,(H,41,46);1-9H,10-11H2,(H2,24,26)(H,27,29)(H,28,31). The number of carbonyl (C=O) groups is 6. The zero-order valence-electron chi connectivity index (χ0n) is 46.4. The van der Waals surface area contributed by atoms with Crippen molar-refractivity contribution in [2.24, 2.45) is 0 Å². The number of carbonyl (C=O) groups excluding carboxylic acids is 6. The van der Waals surface area contributed by atoms with E-state index >= 15 is 0 Å². The highest BCUT2D eigenvalue weighted by Gasteiger charge is 2.37. The fourth-order valence-corrected chi connectivity index (χ4v) is 9.20. The van der Waals surface area contributed by atoms with Gasteiger partial charge in [-0.15, -0.1) is 0 Å². The number of aromatic amines is 1. The highest BCUT2D eigenvalue weighted by molar-refractivity contribution is 6.43. The van der Waals surface area contributed by atoms with Crippen LogP contribution in [0.1, 0.15) is 89.5 Å². The first kappa shape index (κ1) is 61.6. The third-order valence-corrected chi connectivity index (χ3v) is 14.0. The van der Waals surface area contributed by atoms with E-state index in [9.17, 15) is 28.8 Å². The third-order valence-electron chi connectivity index (χ3n) is 12.3. The largest absolute Gasteiger partial charge is 0.443 e. The number of anilines is 4. The molecule has 0 bridgehead atoms. The SMILES string of the molecule is CC(C)(C)OC(=O)N(C(=O)OC(C)(C)C)c1ncc(NC(=O)C(=O)N(Cc2ccccn2)Cc2cccc(Cl)c2Cl)c2nn(C3CCCCO3)cc12.Nc1ncc(NC(=O)C(=O)N(Cc2ccccn2)Cc2cccc(Cl)c2Cl)c2[nH]ncc12. The Morgan fingerprint density at radius 1 is 0.667 bits per heavy atom. The zero-order valence-corrected chi connectivity index (χ0v) is 49.4. The maximum absolute atomic E-state index is 13.9. The molecule has 2 aromatic carbocycles. The summed E-state index contributed by atoms with van der Waals surface area (Å²) in [4.78, 5) is 101. The van der Waals surface area contributed by atoms with Gasteiger partial charge in [-0.05, 0) is 108 Å². The second kappa shape index (κ2) is 26.8. The van der Waals surface area contributed by atoms with Gasteiger partial charge in [-0.3, -0.25) is 34.2 Å². The van der Waals surface area contributed by atoms with E-state index in [1.54, 1.807) is 138 Å². The normalized spacial score (nSPS) is 13.3. The van der Waals surface area contributed by atoms with Crippen molar-refractivity contribution in [1.29, 1.82) is 0 Å². The van der Waals surface area contributed by atoms with Gasteiger partial charge in [0.25, 0.3) is 0 Å². The number of pyridine rings is 4. The van der Waals surface area contributed by atoms with Gasteiger partial charge in [0.15, 0.2) is 5.82 Å². The molecule has 438 valence electrons. The third kappa shape index (κ3) is 15.6. The molecule has 8 aromatic rings. The molecule has 27 heteroatoms. The van der Waals surface area contributed by atoms with Gasteiger partial charge in [0.05, 0.1) is 90.8 Å². The minimum Gasteiger partial charge on any atom is -0.443 e. The van der Waals surface area contributed by atoms with E-state index in [0.717, 1.165) is 12.8 Å². The molecule has 1 aliphatic rings. The van der Waals surface area contributed by atoms with E-state index < -0.39 is 53.2 Å². The number of hydrogen-bond donors (Lipinski definition) is 4. The molecule has 0 saturated carbocycles. The molecule has 1 saturated heterocycles. The summed E-state index contributed by atoms with van der Waals surface area (Å²) in [5.74, 6) is -3.46. The Bertz CT molecular complexity index is 3690. The number of nitrogens with one attached hydrogen (secondary N) is 3. The minimum atomic E-state index is -1.03. The first-order valence-electron chi connectivity index (χ1n) is 26.1. The van der Waals surface area contributed by atoms with Gasteiger partial charge in [0.1, 0.15) is 28.8 Å². The molecule has 1 unspecified atom stereocenters. The van der Waals surface area contributed by atoms with Crippen molar-refractivity contribution in [2.45, 2.75) is 104 Å². The van der Waals surface area contributed by atoms with Crippen molar-refractivity contribution in [3.8, 4) is 0 Å². The number of nitrogen functional groups attached to an aromatic ring is 1. The lowest BCUT2D eigenvalue weighted by atomic mass is 10.2. The molecule has 23 nitrogen and oxygen atoms in total. The van der Waals surface area contributed by atoms with Crippen LogP contribution in [0, 0.1) is 0 Å². The van der Waals surface area contributed by atoms with Crippen LogP contribution < -0.4 is 21.3 Å². The molecule has 1 fully saturated rings. The fraction of sp³-hybridized carbons (Fsp3) is 0.298. The topological polar surface area (TPSA) is 288 Å². The van der Waals surface area contributed by atoms with Crippen LogP contribution in [0.25, 0.3) is 21.8 Å². The van der Waals surface area contributed by atoms with E-state index in [1.165, 1.54) is 28.4 Å². The summed E-state index contributed by atoms with van der Waals surface area (Å²) in [6.07, 6.45) is 8.70. The van der Waals surface area contributed by atoms with Crippen LogP contribution >= 0.6 is 46.4 Å². The first-order valence-corrected chi connectivity index (χ1v) is 27.6. The number of benzene rings is 2. The van der Waals surface area contributed by atoms with Crippen molar-refractivity contribution in [1.82, 2.24) is 49.7 Å². The van der Waals surface area contributed by atoms with Crippen LogP contribution in [-0.2, 0) is 59.6 Å². The van der Waals surface area contributed by atoms with Gasteiger partial charge in [-0.2, -0.15) is 15.1 Å². The van der Waals surface area contributed by atoms with Gasteiger partial charge in [0.2, 0.25) is 0 Å². The average Bonchev–Trinajstić information content (AvgIpc) is 2.41. The monoisotopic (exact) mass is 1220 g/mol. The number of hydrogen-bond acceptors (Lipinski definition) is 16. The molecule has 6 amide bonds. The second-order valence-corrected chi connectivity index (χ2v) is 22.6. The van der Waals surface area contributed by atoms with Gasteiger partial charge < -0.3 is 40.4 Å². The molecule has 9 rings (SSSR count). The van der Waals surface area contributed by atoms with Crippen molar-refractivity contribution in [2.75, 3.05) is 27.9 Å². The Labute approximate surface area is 502 Å². The minimum absolute atomic E-state index is 0.0169. The van der Waals surface area contributed by atoms with E-state index in [2.05, 4.69) is 40.8 Å². The van der Waals surface area contributed by atoms with Crippen molar-refractivity contribution in [3.63, 3.8) is 0 Å². The number of ether oxygens (including phenoxy) is 3. The van der Waals surface area contributed by atoms with Crippen molar-refractivity contribution < 1.29 is 43.0 Å². The molecule has 0 radical (unpaired) electrons. The molecular weight excluding hydrogens is 1170 g/mol. The number of nitrogens with zero attached hydrogens (tertiary/aromatic N) is 10. The predicted molar refractivity (Wildman–Crippen MR) is 317 cm³/mol. The number of rotatable bonds is 12. The molecule has 0 spiro atoms. The Morgan fingerprint density at radius 2 is 1.20 bits per heavy atom. The highest BCUT2D eigenvalue weighted by atomic mass is 35.5. The second-order valence-electron chi connectivity index (χ2n) is 21.0. The molecule has 1 aliphatic heterocycles. The summed E-state index contributed by atoms with van der Waals surface area (Å²) in [6.45, 7) is 10.5. The quantitative estimate of drug-likeness (QED) is 0.0827. The molecule has 7 heterocycles. The van der Waals surface area contributed by atoms with E-state index in [4.69, 9.17) is 71.4 Å². The van der Waals surface area contributed by atoms with E-state index in [-0.39, 0.29) is 65.1 Å². The summed E-state index contributed by atoms with van der Waals surface area (Å²) in [7, 11) is 0. The van der Waals surface area contributed by atoms with Crippen LogP contribution in [-0.4, -0.2) is 103 Å². The van der Waals surface area contributed by atoms with Gasteiger partial charge in [0, 0.05) is 38.3 Å². The first-order chi connectivity index (χ1) is 39.9. The van der Waals surface area contributed by atoms with Crippen LogP contribution in [0.2, 0.25) is 20.1 Å². The zero-order chi connectivity index (χ0) is 60.5. The number of imide groups is 1. The number of nitrogens with two attached hydrogens (primary N) is 1. The lowest BCUT2D eigenvalue weighted by Crippen LogP contribution is -2.44. The van der Waals surface area contributed by atoms with E-state index in [1.807, 2.05) is 0 Å². The average molecular weight is 1220 g/mol. The summed E-state index contributed by atoms with van der Waals surface area (Å²) >= 11 is 25.1. The lowest BCUT2D eigenvalue weighted by Gasteiger charge is -2.28.